The van der Waals surface area contributed by atoms with Crippen LogP contribution in [-0.4, -0.2) is 0 Å². The van der Waals surface area contributed by atoms with Crippen LogP contribution in [0.4, 0.5) is 11.4 Å². The zero-order valence-corrected chi connectivity index (χ0v) is 9.89. The molecule has 0 spiro atoms. The Labute approximate surface area is 104 Å². The van der Waals surface area contributed by atoms with Gasteiger partial charge in [0.25, 0.3) is 0 Å². The summed E-state index contributed by atoms with van der Waals surface area (Å²) in [6.07, 6.45) is 0. The average Bonchev–Trinajstić information content (AvgIpc) is 2.28. The molecule has 4 N–H and O–H groups in total. The van der Waals surface area contributed by atoms with Gasteiger partial charge >= 0.3 is 0 Å². The van der Waals surface area contributed by atoms with Crippen molar-refractivity contribution < 1.29 is 0 Å². The number of halogens is 2. The lowest BCUT2D eigenvalue weighted by Crippen LogP contribution is -1.92. The van der Waals surface area contributed by atoms with E-state index in [0.29, 0.717) is 21.4 Å². The van der Waals surface area contributed by atoms with Crippen LogP contribution in [0.25, 0.3) is 11.1 Å². The Morgan fingerprint density at radius 1 is 0.812 bits per heavy atom. The van der Waals surface area contributed by atoms with E-state index >= 15 is 0 Å². The molecule has 0 aliphatic heterocycles. The van der Waals surface area contributed by atoms with Crippen LogP contribution in [0.3, 0.4) is 0 Å². The lowest BCUT2D eigenvalue weighted by Gasteiger charge is -2.09. The standard InChI is InChI=1S/C12H10Cl2N2/c13-10-6-5-9(12(16)11(10)14)7-1-3-8(15)4-2-7/h1-6H,15-16H2. The van der Waals surface area contributed by atoms with E-state index in [2.05, 4.69) is 0 Å². The Balaban J connectivity index is 2.57. The molecule has 0 bridgehead atoms. The number of rotatable bonds is 1. The summed E-state index contributed by atoms with van der Waals surface area (Å²) >= 11 is 11.8. The number of nitrogen functional groups attached to an aromatic ring is 2. The lowest BCUT2D eigenvalue weighted by molar-refractivity contribution is 1.60. The van der Waals surface area contributed by atoms with Crippen LogP contribution in [0.2, 0.25) is 10.0 Å². The first-order chi connectivity index (χ1) is 7.59. The van der Waals surface area contributed by atoms with Crippen molar-refractivity contribution in [3.05, 3.63) is 46.4 Å². The van der Waals surface area contributed by atoms with Crippen molar-refractivity contribution in [3.8, 4) is 11.1 Å². The highest BCUT2D eigenvalue weighted by Gasteiger charge is 2.08. The van der Waals surface area contributed by atoms with Crippen LogP contribution in [0.1, 0.15) is 0 Å². The molecule has 0 amide bonds. The molecule has 4 heteroatoms. The molecular weight excluding hydrogens is 243 g/mol. The quantitative estimate of drug-likeness (QED) is 0.759. The van der Waals surface area contributed by atoms with Gasteiger partial charge < -0.3 is 11.5 Å². The molecule has 0 aliphatic carbocycles. The third kappa shape index (κ3) is 1.94. The van der Waals surface area contributed by atoms with E-state index in [-0.39, 0.29) is 0 Å². The van der Waals surface area contributed by atoms with Gasteiger partial charge in [0.1, 0.15) is 0 Å². The monoisotopic (exact) mass is 252 g/mol. The first-order valence-corrected chi connectivity index (χ1v) is 5.44. The number of benzene rings is 2. The zero-order chi connectivity index (χ0) is 11.7. The molecule has 0 aromatic heterocycles. The fraction of sp³-hybridized carbons (Fsp3) is 0. The van der Waals surface area contributed by atoms with Crippen molar-refractivity contribution in [1.82, 2.24) is 0 Å². The van der Waals surface area contributed by atoms with Crippen molar-refractivity contribution in [3.63, 3.8) is 0 Å². The Hall–Kier alpha value is -1.38. The van der Waals surface area contributed by atoms with Gasteiger partial charge in [-0.05, 0) is 23.8 Å². The van der Waals surface area contributed by atoms with Crippen LogP contribution in [0, 0.1) is 0 Å². The van der Waals surface area contributed by atoms with Gasteiger partial charge in [0.2, 0.25) is 0 Å². The summed E-state index contributed by atoms with van der Waals surface area (Å²) in [5, 5.41) is 0.842. The Kier molecular flexibility index (Phi) is 2.95. The van der Waals surface area contributed by atoms with Crippen LogP contribution < -0.4 is 11.5 Å². The topological polar surface area (TPSA) is 52.0 Å². The van der Waals surface area contributed by atoms with E-state index in [4.69, 9.17) is 34.7 Å². The molecule has 2 rings (SSSR count). The fourth-order valence-electron chi connectivity index (χ4n) is 1.48. The minimum atomic E-state index is 0.385. The molecule has 0 fully saturated rings. The van der Waals surface area contributed by atoms with Crippen molar-refractivity contribution in [1.29, 1.82) is 0 Å². The minimum Gasteiger partial charge on any atom is -0.399 e. The van der Waals surface area contributed by atoms with Crippen LogP contribution in [0.15, 0.2) is 36.4 Å². The number of hydrogen-bond donors (Lipinski definition) is 2. The van der Waals surface area contributed by atoms with E-state index in [1.807, 2.05) is 30.3 Å². The molecule has 2 aromatic rings. The summed E-state index contributed by atoms with van der Waals surface area (Å²) in [6.45, 7) is 0. The van der Waals surface area contributed by atoms with E-state index in [1.165, 1.54) is 0 Å². The maximum Gasteiger partial charge on any atom is 0.0827 e. The Bertz CT molecular complexity index is 521. The summed E-state index contributed by atoms with van der Waals surface area (Å²) in [5.41, 5.74) is 14.5. The predicted octanol–water partition coefficient (Wildman–Crippen LogP) is 3.82. The van der Waals surface area contributed by atoms with Crippen molar-refractivity contribution in [2.24, 2.45) is 0 Å². The highest BCUT2D eigenvalue weighted by molar-refractivity contribution is 6.44. The summed E-state index contributed by atoms with van der Waals surface area (Å²) < 4.78 is 0. The van der Waals surface area contributed by atoms with E-state index < -0.39 is 0 Å². The molecule has 2 aromatic carbocycles. The molecule has 0 saturated carbocycles. The van der Waals surface area contributed by atoms with Crippen LogP contribution in [0.5, 0.6) is 0 Å². The second-order valence-electron chi connectivity index (χ2n) is 3.44. The molecule has 2 nitrogen and oxygen atoms in total. The number of hydrogen-bond acceptors (Lipinski definition) is 2. The molecule has 82 valence electrons. The van der Waals surface area contributed by atoms with Crippen LogP contribution >= 0.6 is 23.2 Å². The molecule has 0 unspecified atom stereocenters. The molecule has 0 radical (unpaired) electrons. The third-order valence-electron chi connectivity index (χ3n) is 2.35. The average molecular weight is 253 g/mol. The van der Waals surface area contributed by atoms with E-state index in [0.717, 1.165) is 11.1 Å². The van der Waals surface area contributed by atoms with Crippen molar-refractivity contribution in [2.45, 2.75) is 0 Å². The first-order valence-electron chi connectivity index (χ1n) is 4.69. The fourth-order valence-corrected chi connectivity index (χ4v) is 1.81. The van der Waals surface area contributed by atoms with Gasteiger partial charge in [-0.25, -0.2) is 0 Å². The van der Waals surface area contributed by atoms with Gasteiger partial charge in [0.05, 0.1) is 15.7 Å². The van der Waals surface area contributed by atoms with Gasteiger partial charge in [-0.3, -0.25) is 0 Å². The maximum absolute atomic E-state index is 5.98. The first kappa shape index (κ1) is 11.1. The molecule has 0 saturated heterocycles. The largest absolute Gasteiger partial charge is 0.399 e. The van der Waals surface area contributed by atoms with Gasteiger partial charge in [-0.2, -0.15) is 0 Å². The zero-order valence-electron chi connectivity index (χ0n) is 8.37. The highest BCUT2D eigenvalue weighted by atomic mass is 35.5. The molecule has 0 heterocycles. The predicted molar refractivity (Wildman–Crippen MR) is 70.7 cm³/mol. The number of nitrogens with two attached hydrogens (primary N) is 2. The van der Waals surface area contributed by atoms with Crippen molar-refractivity contribution in [2.75, 3.05) is 11.5 Å². The highest BCUT2D eigenvalue weighted by Crippen LogP contribution is 2.36. The Morgan fingerprint density at radius 2 is 1.44 bits per heavy atom. The van der Waals surface area contributed by atoms with Gasteiger partial charge in [0, 0.05) is 11.3 Å². The maximum atomic E-state index is 5.98. The molecule has 16 heavy (non-hydrogen) atoms. The molecular formula is C12H10Cl2N2. The number of anilines is 2. The second kappa shape index (κ2) is 4.24. The van der Waals surface area contributed by atoms with Gasteiger partial charge in [-0.15, -0.1) is 0 Å². The lowest BCUT2D eigenvalue weighted by atomic mass is 10.0. The summed E-state index contributed by atoms with van der Waals surface area (Å²) in [7, 11) is 0. The van der Waals surface area contributed by atoms with Gasteiger partial charge in [-0.1, -0.05) is 41.4 Å². The molecule has 0 atom stereocenters. The molecule has 0 aliphatic rings. The normalized spacial score (nSPS) is 10.4. The van der Waals surface area contributed by atoms with E-state index in [9.17, 15) is 0 Å². The summed E-state index contributed by atoms with van der Waals surface area (Å²) in [6, 6.07) is 11.0. The minimum absolute atomic E-state index is 0.385. The van der Waals surface area contributed by atoms with Crippen molar-refractivity contribution >= 4 is 34.6 Å². The smallest absolute Gasteiger partial charge is 0.0827 e. The third-order valence-corrected chi connectivity index (χ3v) is 3.17. The SMILES string of the molecule is Nc1ccc(-c2ccc(Cl)c(Cl)c2N)cc1. The van der Waals surface area contributed by atoms with Crippen LogP contribution in [-0.2, 0) is 0 Å². The summed E-state index contributed by atoms with van der Waals surface area (Å²) in [5.74, 6) is 0. The second-order valence-corrected chi connectivity index (χ2v) is 4.23. The van der Waals surface area contributed by atoms with E-state index in [1.54, 1.807) is 6.07 Å². The summed E-state index contributed by atoms with van der Waals surface area (Å²) in [4.78, 5) is 0. The Morgan fingerprint density at radius 3 is 2.06 bits per heavy atom. The van der Waals surface area contributed by atoms with Gasteiger partial charge in [0.15, 0.2) is 0 Å².